The van der Waals surface area contributed by atoms with E-state index in [1.54, 1.807) is 0 Å². The van der Waals surface area contributed by atoms with Crippen LogP contribution >= 0.6 is 11.3 Å². The van der Waals surface area contributed by atoms with E-state index in [1.807, 2.05) is 11.4 Å². The topological polar surface area (TPSA) is 69.0 Å². The summed E-state index contributed by atoms with van der Waals surface area (Å²) >= 11 is 1.46. The zero-order valence-corrected chi connectivity index (χ0v) is 7.58. The van der Waals surface area contributed by atoms with Crippen molar-refractivity contribution in [3.05, 3.63) is 32.3 Å². The van der Waals surface area contributed by atoms with Crippen LogP contribution in [0.1, 0.15) is 10.4 Å². The Hall–Kier alpha value is -1.47. The van der Waals surface area contributed by atoms with E-state index in [1.165, 1.54) is 11.3 Å². The number of rotatable bonds is 2. The Labute approximate surface area is 79.5 Å². The predicted molar refractivity (Wildman–Crippen MR) is 51.1 cm³/mol. The highest BCUT2D eigenvalue weighted by molar-refractivity contribution is 7.10. The number of hydrogen-bond donors (Lipinski definition) is 1. The molecule has 0 atom stereocenters. The molecule has 0 aromatic carbocycles. The highest BCUT2D eigenvalue weighted by Crippen LogP contribution is 2.12. The third-order valence-electron chi connectivity index (χ3n) is 1.26. The zero-order chi connectivity index (χ0) is 9.52. The van der Waals surface area contributed by atoms with E-state index in [4.69, 9.17) is 10.6 Å². The predicted octanol–water partition coefficient (Wildman–Crippen LogP) is 1.90. The summed E-state index contributed by atoms with van der Waals surface area (Å²) in [7, 11) is 0. The van der Waals surface area contributed by atoms with E-state index >= 15 is 0 Å². The van der Waals surface area contributed by atoms with Gasteiger partial charge in [-0.1, -0.05) is 17.0 Å². The van der Waals surface area contributed by atoms with Gasteiger partial charge in [0.1, 0.15) is 0 Å². The smallest absolute Gasteiger partial charge is 0.0880 e. The number of aliphatic hydroxyl groups is 1. The van der Waals surface area contributed by atoms with E-state index in [2.05, 4.69) is 21.9 Å². The van der Waals surface area contributed by atoms with Crippen molar-refractivity contribution in [2.75, 3.05) is 6.54 Å². The van der Waals surface area contributed by atoms with E-state index in [9.17, 15) is 0 Å². The van der Waals surface area contributed by atoms with Crippen molar-refractivity contribution >= 4 is 11.3 Å². The fraction of sp³-hybridized carbons (Fsp3) is 0.250. The first kappa shape index (κ1) is 9.62. The quantitative estimate of drug-likeness (QED) is 0.331. The first-order valence-corrected chi connectivity index (χ1v) is 4.43. The standard InChI is InChI=1S/C8H7N3OS/c9-11-10-3-1-2-7-4-8(5-12)13-6-7/h4,6,12H,3,5H2. The molecule has 1 aromatic rings. The molecular weight excluding hydrogens is 186 g/mol. The SMILES string of the molecule is [N-]=[N+]=NCC#Cc1csc(CO)c1. The number of nitrogens with zero attached hydrogens (tertiary/aromatic N) is 3. The van der Waals surface area contributed by atoms with E-state index < -0.39 is 0 Å². The Morgan fingerprint density at radius 1 is 1.69 bits per heavy atom. The van der Waals surface area contributed by atoms with Crippen LogP contribution in [0, 0.1) is 11.8 Å². The molecule has 0 fully saturated rings. The molecule has 1 rings (SSSR count). The Balaban J connectivity index is 2.60. The molecular formula is C8H7N3OS. The summed E-state index contributed by atoms with van der Waals surface area (Å²) in [5.41, 5.74) is 8.81. The molecule has 1 N–H and O–H groups in total. The van der Waals surface area contributed by atoms with Gasteiger partial charge in [0, 0.05) is 20.7 Å². The summed E-state index contributed by atoms with van der Waals surface area (Å²) in [5.74, 6) is 5.51. The third kappa shape index (κ3) is 3.18. The van der Waals surface area contributed by atoms with Crippen molar-refractivity contribution in [2.24, 2.45) is 5.11 Å². The van der Waals surface area contributed by atoms with Gasteiger partial charge in [-0.15, -0.1) is 11.3 Å². The second kappa shape index (κ2) is 5.22. The molecule has 1 aromatic heterocycles. The maximum Gasteiger partial charge on any atom is 0.0880 e. The van der Waals surface area contributed by atoms with Crippen LogP contribution in [0.15, 0.2) is 16.6 Å². The normalized spacial score (nSPS) is 8.38. The van der Waals surface area contributed by atoms with Gasteiger partial charge in [-0.3, -0.25) is 0 Å². The average Bonchev–Trinajstić information content (AvgIpc) is 2.60. The molecule has 0 saturated heterocycles. The van der Waals surface area contributed by atoms with Gasteiger partial charge in [-0.2, -0.15) is 0 Å². The maximum atomic E-state index is 8.76. The Kier molecular flexibility index (Phi) is 3.86. The van der Waals surface area contributed by atoms with Gasteiger partial charge >= 0.3 is 0 Å². The van der Waals surface area contributed by atoms with Crippen LogP contribution in [0.3, 0.4) is 0 Å². The minimum absolute atomic E-state index is 0.0443. The molecule has 0 aliphatic carbocycles. The summed E-state index contributed by atoms with van der Waals surface area (Å²) < 4.78 is 0. The molecule has 0 aliphatic heterocycles. The van der Waals surface area contributed by atoms with Crippen LogP contribution in [0.4, 0.5) is 0 Å². The van der Waals surface area contributed by atoms with Crippen LogP contribution in [-0.4, -0.2) is 11.7 Å². The lowest BCUT2D eigenvalue weighted by Gasteiger charge is -1.80. The molecule has 4 nitrogen and oxygen atoms in total. The van der Waals surface area contributed by atoms with Crippen molar-refractivity contribution < 1.29 is 5.11 Å². The Morgan fingerprint density at radius 2 is 2.54 bits per heavy atom. The van der Waals surface area contributed by atoms with Gasteiger partial charge in [0.15, 0.2) is 0 Å². The third-order valence-corrected chi connectivity index (χ3v) is 2.18. The van der Waals surface area contributed by atoms with Gasteiger partial charge in [0.25, 0.3) is 0 Å². The first-order valence-electron chi connectivity index (χ1n) is 3.55. The fourth-order valence-corrected chi connectivity index (χ4v) is 1.41. The van der Waals surface area contributed by atoms with E-state index in [0.29, 0.717) is 0 Å². The molecule has 0 amide bonds. The van der Waals surface area contributed by atoms with Gasteiger partial charge in [-0.25, -0.2) is 0 Å². The molecule has 13 heavy (non-hydrogen) atoms. The molecule has 0 bridgehead atoms. The summed E-state index contributed by atoms with van der Waals surface area (Å²) in [4.78, 5) is 3.46. The van der Waals surface area contributed by atoms with Crippen molar-refractivity contribution in [2.45, 2.75) is 6.61 Å². The Bertz CT molecular complexity index is 382. The van der Waals surface area contributed by atoms with Crippen molar-refractivity contribution in [1.29, 1.82) is 0 Å². The number of aliphatic hydroxyl groups excluding tert-OH is 1. The van der Waals surface area contributed by atoms with Gasteiger partial charge in [0.2, 0.25) is 0 Å². The van der Waals surface area contributed by atoms with E-state index in [0.717, 1.165) is 10.4 Å². The summed E-state index contributed by atoms with van der Waals surface area (Å²) in [5, 5.41) is 13.9. The maximum absolute atomic E-state index is 8.76. The van der Waals surface area contributed by atoms with Crippen LogP contribution in [0.5, 0.6) is 0 Å². The minimum atomic E-state index is 0.0443. The number of thiophene rings is 1. The first-order chi connectivity index (χ1) is 6.36. The minimum Gasteiger partial charge on any atom is -0.391 e. The van der Waals surface area contributed by atoms with Gasteiger partial charge in [0.05, 0.1) is 13.2 Å². The van der Waals surface area contributed by atoms with Gasteiger partial charge in [-0.05, 0) is 11.6 Å². The molecule has 0 unspecified atom stereocenters. The monoisotopic (exact) mass is 193 g/mol. The molecule has 5 heteroatoms. The molecule has 0 saturated carbocycles. The largest absolute Gasteiger partial charge is 0.391 e. The summed E-state index contributed by atoms with van der Waals surface area (Å²) in [6, 6.07) is 1.81. The van der Waals surface area contributed by atoms with Crippen LogP contribution in [0.25, 0.3) is 10.4 Å². The van der Waals surface area contributed by atoms with Crippen LogP contribution in [-0.2, 0) is 6.61 Å². The van der Waals surface area contributed by atoms with Crippen molar-refractivity contribution in [3.63, 3.8) is 0 Å². The number of hydrogen-bond acceptors (Lipinski definition) is 3. The van der Waals surface area contributed by atoms with Crippen molar-refractivity contribution in [1.82, 2.24) is 0 Å². The zero-order valence-electron chi connectivity index (χ0n) is 6.77. The Morgan fingerprint density at radius 3 is 3.15 bits per heavy atom. The lowest BCUT2D eigenvalue weighted by molar-refractivity contribution is 0.285. The van der Waals surface area contributed by atoms with E-state index in [-0.39, 0.29) is 13.2 Å². The van der Waals surface area contributed by atoms with Crippen LogP contribution < -0.4 is 0 Å². The number of azide groups is 1. The lowest BCUT2D eigenvalue weighted by Crippen LogP contribution is -1.73. The van der Waals surface area contributed by atoms with Crippen molar-refractivity contribution in [3.8, 4) is 11.8 Å². The van der Waals surface area contributed by atoms with Gasteiger partial charge < -0.3 is 5.11 Å². The molecule has 0 radical (unpaired) electrons. The fourth-order valence-electron chi connectivity index (χ4n) is 0.738. The lowest BCUT2D eigenvalue weighted by atomic mass is 10.3. The molecule has 66 valence electrons. The molecule has 0 aliphatic rings. The summed E-state index contributed by atoms with van der Waals surface area (Å²) in [6.07, 6.45) is 0. The van der Waals surface area contributed by atoms with Crippen LogP contribution in [0.2, 0.25) is 0 Å². The second-order valence-electron chi connectivity index (χ2n) is 2.15. The molecule has 1 heterocycles. The second-order valence-corrected chi connectivity index (χ2v) is 3.15. The molecule has 0 spiro atoms. The highest BCUT2D eigenvalue weighted by Gasteiger charge is 1.93. The summed E-state index contributed by atoms with van der Waals surface area (Å²) in [6.45, 7) is 0.226. The average molecular weight is 193 g/mol. The highest BCUT2D eigenvalue weighted by atomic mass is 32.1.